The van der Waals surface area contributed by atoms with Crippen LogP contribution in [0.3, 0.4) is 0 Å². The molecule has 0 fully saturated rings. The SMILES string of the molecule is COCCOC(=O)Nc1ccc(-c2nc(Cn3c(C)cc(-c4cc(Cl)ccc4-n4cnnn4)cc3=O)[nH]c2Cl)nc1. The van der Waals surface area contributed by atoms with Crippen LogP contribution < -0.4 is 10.9 Å². The third-order valence-corrected chi connectivity index (χ3v) is 6.50. The lowest BCUT2D eigenvalue weighted by Gasteiger charge is -2.13. The molecule has 4 heterocycles. The van der Waals surface area contributed by atoms with E-state index in [0.29, 0.717) is 57.0 Å². The van der Waals surface area contributed by atoms with Crippen molar-refractivity contribution in [1.82, 2.24) is 39.7 Å². The number of nitrogens with one attached hydrogen (secondary N) is 2. The molecule has 0 aliphatic rings. The fourth-order valence-corrected chi connectivity index (χ4v) is 4.49. The fourth-order valence-electron chi connectivity index (χ4n) is 4.07. The summed E-state index contributed by atoms with van der Waals surface area (Å²) in [6, 6.07) is 12.0. The summed E-state index contributed by atoms with van der Waals surface area (Å²) in [7, 11) is 1.52. The molecule has 0 unspecified atom stereocenters. The molecule has 15 heteroatoms. The summed E-state index contributed by atoms with van der Waals surface area (Å²) in [6.07, 6.45) is 2.31. The van der Waals surface area contributed by atoms with Crippen LogP contribution in [0.15, 0.2) is 59.8 Å². The van der Waals surface area contributed by atoms with Crippen LogP contribution in [-0.2, 0) is 16.0 Å². The molecule has 5 rings (SSSR count). The first kappa shape index (κ1) is 28.0. The van der Waals surface area contributed by atoms with E-state index in [1.165, 1.54) is 30.4 Å². The summed E-state index contributed by atoms with van der Waals surface area (Å²) in [6.45, 7) is 2.40. The predicted octanol–water partition coefficient (Wildman–Crippen LogP) is 4.13. The molecule has 4 aromatic heterocycles. The van der Waals surface area contributed by atoms with Crippen molar-refractivity contribution >= 4 is 35.0 Å². The summed E-state index contributed by atoms with van der Waals surface area (Å²) < 4.78 is 12.9. The Bertz CT molecular complexity index is 1740. The number of hydrogen-bond donors (Lipinski definition) is 2. The number of aromatic nitrogens is 8. The molecule has 5 aromatic rings. The molecule has 41 heavy (non-hydrogen) atoms. The first-order valence-corrected chi connectivity index (χ1v) is 13.0. The maximum absolute atomic E-state index is 13.2. The van der Waals surface area contributed by atoms with Gasteiger partial charge in [-0.2, -0.15) is 4.68 Å². The van der Waals surface area contributed by atoms with Crippen molar-refractivity contribution in [2.45, 2.75) is 13.5 Å². The highest BCUT2D eigenvalue weighted by Gasteiger charge is 2.16. The van der Waals surface area contributed by atoms with Crippen LogP contribution in [0.25, 0.3) is 28.2 Å². The van der Waals surface area contributed by atoms with Crippen molar-refractivity contribution in [3.63, 3.8) is 0 Å². The van der Waals surface area contributed by atoms with E-state index in [4.69, 9.17) is 32.7 Å². The van der Waals surface area contributed by atoms with Crippen molar-refractivity contribution in [2.24, 2.45) is 0 Å². The Morgan fingerprint density at radius 1 is 1.12 bits per heavy atom. The number of hydrogen-bond acceptors (Lipinski definition) is 9. The molecule has 0 bridgehead atoms. The standard InChI is InChI=1S/C26H23Cl2N9O4/c1-15-9-16(19-11-17(27)3-6-21(19)37-14-30-34-35-37)10-23(38)36(15)13-22-32-24(25(28)33-22)20-5-4-18(12-29-20)31-26(39)41-8-7-40-2/h3-6,9-12,14H,7-8,13H2,1-2H3,(H,31,39)(H,32,33). The summed E-state index contributed by atoms with van der Waals surface area (Å²) in [5.41, 5.74) is 3.80. The molecule has 0 aliphatic heterocycles. The predicted molar refractivity (Wildman–Crippen MR) is 151 cm³/mol. The zero-order valence-electron chi connectivity index (χ0n) is 21.8. The molecule has 1 amide bonds. The van der Waals surface area contributed by atoms with Crippen LogP contribution in [0.4, 0.5) is 10.5 Å². The normalized spacial score (nSPS) is 11.0. The second-order valence-corrected chi connectivity index (χ2v) is 9.57. The van der Waals surface area contributed by atoms with Gasteiger partial charge in [0.15, 0.2) is 0 Å². The number of H-pyrrole nitrogens is 1. The Balaban J connectivity index is 1.35. The number of methoxy groups -OCH3 is 1. The van der Waals surface area contributed by atoms with Crippen molar-refractivity contribution in [3.8, 4) is 28.2 Å². The third kappa shape index (κ3) is 6.43. The number of tetrazole rings is 1. The summed E-state index contributed by atoms with van der Waals surface area (Å²) in [5.74, 6) is 0.464. The van der Waals surface area contributed by atoms with E-state index >= 15 is 0 Å². The van der Waals surface area contributed by atoms with Crippen molar-refractivity contribution < 1.29 is 14.3 Å². The van der Waals surface area contributed by atoms with E-state index in [1.54, 1.807) is 34.9 Å². The molecule has 13 nitrogen and oxygen atoms in total. The number of aromatic amines is 1. The van der Waals surface area contributed by atoms with Crippen LogP contribution in [-0.4, -0.2) is 66.1 Å². The zero-order valence-corrected chi connectivity index (χ0v) is 23.3. The lowest BCUT2D eigenvalue weighted by atomic mass is 10.0. The number of nitrogens with zero attached hydrogens (tertiary/aromatic N) is 7. The number of amides is 1. The number of imidazole rings is 1. The first-order valence-electron chi connectivity index (χ1n) is 12.2. The summed E-state index contributed by atoms with van der Waals surface area (Å²) in [5, 5.41) is 14.7. The highest BCUT2D eigenvalue weighted by Crippen LogP contribution is 2.29. The summed E-state index contributed by atoms with van der Waals surface area (Å²) in [4.78, 5) is 37.0. The van der Waals surface area contributed by atoms with E-state index in [9.17, 15) is 9.59 Å². The van der Waals surface area contributed by atoms with Gasteiger partial charge in [-0.05, 0) is 59.3 Å². The molecule has 0 aliphatic carbocycles. The number of carbonyl (C=O) groups is 1. The van der Waals surface area contributed by atoms with Gasteiger partial charge in [0.2, 0.25) is 0 Å². The number of anilines is 1. The van der Waals surface area contributed by atoms with E-state index < -0.39 is 6.09 Å². The second kappa shape index (κ2) is 12.3. The monoisotopic (exact) mass is 595 g/mol. The number of carbonyl (C=O) groups excluding carboxylic acids is 1. The molecular weight excluding hydrogens is 573 g/mol. The minimum absolute atomic E-state index is 0.132. The topological polar surface area (TPSA) is 155 Å². The van der Waals surface area contributed by atoms with E-state index in [1.807, 2.05) is 13.0 Å². The van der Waals surface area contributed by atoms with Gasteiger partial charge in [0.1, 0.15) is 29.6 Å². The van der Waals surface area contributed by atoms with E-state index in [-0.39, 0.29) is 23.9 Å². The van der Waals surface area contributed by atoms with E-state index in [0.717, 1.165) is 0 Å². The summed E-state index contributed by atoms with van der Waals surface area (Å²) >= 11 is 12.7. The average Bonchev–Trinajstić information content (AvgIpc) is 3.61. The second-order valence-electron chi connectivity index (χ2n) is 8.76. The van der Waals surface area contributed by atoms with Gasteiger partial charge in [-0.1, -0.05) is 23.2 Å². The highest BCUT2D eigenvalue weighted by molar-refractivity contribution is 6.32. The Kier molecular flexibility index (Phi) is 8.38. The Labute approximate surface area is 243 Å². The molecular formula is C26H23Cl2N9O4. The van der Waals surface area contributed by atoms with Crippen LogP contribution in [0.5, 0.6) is 0 Å². The van der Waals surface area contributed by atoms with Gasteiger partial charge >= 0.3 is 6.09 Å². The maximum Gasteiger partial charge on any atom is 0.411 e. The van der Waals surface area contributed by atoms with Gasteiger partial charge < -0.3 is 19.0 Å². The highest BCUT2D eigenvalue weighted by atomic mass is 35.5. The van der Waals surface area contributed by atoms with Gasteiger partial charge in [0, 0.05) is 29.5 Å². The molecule has 0 atom stereocenters. The molecule has 0 radical (unpaired) electrons. The molecule has 0 spiro atoms. The first-order chi connectivity index (χ1) is 19.8. The number of pyridine rings is 2. The number of aryl methyl sites for hydroxylation is 1. The quantitative estimate of drug-likeness (QED) is 0.239. The molecule has 0 saturated carbocycles. The number of ether oxygens (including phenoxy) is 2. The van der Waals surface area contributed by atoms with Crippen LogP contribution in [0.2, 0.25) is 10.2 Å². The van der Waals surface area contributed by atoms with Crippen molar-refractivity contribution in [1.29, 1.82) is 0 Å². The van der Waals surface area contributed by atoms with E-state index in [2.05, 4.69) is 35.8 Å². The smallest absolute Gasteiger partial charge is 0.411 e. The van der Waals surface area contributed by atoms with Gasteiger partial charge in [-0.25, -0.2) is 9.78 Å². The Morgan fingerprint density at radius 2 is 1.98 bits per heavy atom. The molecule has 1 aromatic carbocycles. The lowest BCUT2D eigenvalue weighted by Crippen LogP contribution is -2.23. The molecule has 2 N–H and O–H groups in total. The molecule has 210 valence electrons. The Morgan fingerprint density at radius 3 is 2.68 bits per heavy atom. The number of benzene rings is 1. The number of halogens is 2. The zero-order chi connectivity index (χ0) is 28.9. The average molecular weight is 596 g/mol. The lowest BCUT2D eigenvalue weighted by molar-refractivity contribution is 0.107. The third-order valence-electron chi connectivity index (χ3n) is 5.99. The van der Waals surface area contributed by atoms with Crippen molar-refractivity contribution in [2.75, 3.05) is 25.6 Å². The Hall–Kier alpha value is -4.59. The fraction of sp³-hybridized carbons (Fsp3) is 0.192. The minimum atomic E-state index is -0.620. The number of rotatable bonds is 9. The van der Waals surface area contributed by atoms with Gasteiger partial charge in [0.05, 0.1) is 36.4 Å². The van der Waals surface area contributed by atoms with Crippen molar-refractivity contribution in [3.05, 3.63) is 87.0 Å². The molecule has 0 saturated heterocycles. The minimum Gasteiger partial charge on any atom is -0.447 e. The van der Waals surface area contributed by atoms with Crippen LogP contribution >= 0.6 is 23.2 Å². The van der Waals surface area contributed by atoms with Crippen LogP contribution in [0.1, 0.15) is 11.5 Å². The van der Waals surface area contributed by atoms with Gasteiger partial charge in [-0.3, -0.25) is 15.1 Å². The van der Waals surface area contributed by atoms with Gasteiger partial charge in [0.25, 0.3) is 5.56 Å². The van der Waals surface area contributed by atoms with Crippen LogP contribution in [0, 0.1) is 6.92 Å². The maximum atomic E-state index is 13.2. The largest absolute Gasteiger partial charge is 0.447 e. The van der Waals surface area contributed by atoms with Gasteiger partial charge in [-0.15, -0.1) is 5.10 Å².